The summed E-state index contributed by atoms with van der Waals surface area (Å²) in [5.41, 5.74) is 3.37. The van der Waals surface area contributed by atoms with Gasteiger partial charge in [0.1, 0.15) is 5.52 Å². The van der Waals surface area contributed by atoms with Crippen molar-refractivity contribution < 1.29 is 14.3 Å². The van der Waals surface area contributed by atoms with Crippen LogP contribution in [0.25, 0.3) is 33.3 Å². The minimum Gasteiger partial charge on any atom is -0.480 e. The second-order valence-electron chi connectivity index (χ2n) is 5.88. The van der Waals surface area contributed by atoms with Crippen molar-refractivity contribution in [2.24, 2.45) is 0 Å². The first-order valence-electron chi connectivity index (χ1n) is 8.00. The van der Waals surface area contributed by atoms with Gasteiger partial charge in [0.25, 0.3) is 0 Å². The summed E-state index contributed by atoms with van der Waals surface area (Å²) in [6.07, 6.45) is 0. The summed E-state index contributed by atoms with van der Waals surface area (Å²) < 4.78 is 5.88. The molecule has 25 heavy (non-hydrogen) atoms. The molecular formula is C20H16N2O3. The molecule has 1 aromatic heterocycles. The van der Waals surface area contributed by atoms with Gasteiger partial charge in [0.15, 0.2) is 5.58 Å². The van der Waals surface area contributed by atoms with Crippen molar-refractivity contribution in [3.05, 3.63) is 66.2 Å². The van der Waals surface area contributed by atoms with Gasteiger partial charge in [0.05, 0.1) is 6.54 Å². The molecule has 0 aliphatic carbocycles. The van der Waals surface area contributed by atoms with Crippen LogP contribution in [0.4, 0.5) is 0 Å². The first-order valence-corrected chi connectivity index (χ1v) is 8.00. The van der Waals surface area contributed by atoms with Crippen molar-refractivity contribution in [3.8, 4) is 11.5 Å². The van der Waals surface area contributed by atoms with E-state index in [0.29, 0.717) is 18.0 Å². The zero-order valence-corrected chi connectivity index (χ0v) is 13.4. The molecule has 0 radical (unpaired) electrons. The monoisotopic (exact) mass is 332 g/mol. The molecule has 0 amide bonds. The molecule has 0 spiro atoms. The van der Waals surface area contributed by atoms with E-state index in [-0.39, 0.29) is 6.54 Å². The van der Waals surface area contributed by atoms with E-state index in [1.54, 1.807) is 0 Å². The van der Waals surface area contributed by atoms with Gasteiger partial charge in [-0.25, -0.2) is 4.98 Å². The van der Waals surface area contributed by atoms with E-state index in [4.69, 9.17) is 9.52 Å². The van der Waals surface area contributed by atoms with Gasteiger partial charge in [-0.3, -0.25) is 4.79 Å². The van der Waals surface area contributed by atoms with E-state index in [1.165, 1.54) is 5.39 Å². The number of fused-ring (bicyclic) bond motifs is 2. The fourth-order valence-electron chi connectivity index (χ4n) is 2.84. The Bertz CT molecular complexity index is 1070. The third kappa shape index (κ3) is 3.22. The Kier molecular flexibility index (Phi) is 3.91. The highest BCUT2D eigenvalue weighted by Crippen LogP contribution is 2.27. The summed E-state index contributed by atoms with van der Waals surface area (Å²) >= 11 is 0. The van der Waals surface area contributed by atoms with Crippen molar-refractivity contribution in [3.63, 3.8) is 0 Å². The number of hydrogen-bond acceptors (Lipinski definition) is 4. The Labute approximate surface area is 143 Å². The Hall–Kier alpha value is -3.18. The van der Waals surface area contributed by atoms with Crippen LogP contribution in [-0.4, -0.2) is 22.6 Å². The van der Waals surface area contributed by atoms with E-state index in [2.05, 4.69) is 34.6 Å². The summed E-state index contributed by atoms with van der Waals surface area (Å²) in [5, 5.41) is 13.9. The predicted octanol–water partition coefficient (Wildman–Crippen LogP) is 3.82. The molecule has 4 aromatic rings. The molecule has 0 unspecified atom stereocenters. The maximum Gasteiger partial charge on any atom is 0.317 e. The minimum atomic E-state index is -0.874. The number of nitrogens with one attached hydrogen (secondary N) is 1. The molecule has 1 heterocycles. The fraction of sp³-hybridized carbons (Fsp3) is 0.100. The molecule has 2 N–H and O–H groups in total. The average Bonchev–Trinajstić information content (AvgIpc) is 3.04. The van der Waals surface area contributed by atoms with E-state index >= 15 is 0 Å². The standard InChI is InChI=1S/C20H16N2O3/c23-19(24)12-21-11-13-5-8-18-17(9-13)22-20(25-18)16-7-6-14-3-1-2-4-15(14)10-16/h1-10,21H,11-12H2,(H,23,24). The van der Waals surface area contributed by atoms with Crippen molar-refractivity contribution in [1.82, 2.24) is 10.3 Å². The number of carboxylic acids is 1. The molecule has 4 rings (SSSR count). The maximum absolute atomic E-state index is 10.6. The second kappa shape index (κ2) is 6.37. The van der Waals surface area contributed by atoms with Gasteiger partial charge in [-0.1, -0.05) is 36.4 Å². The zero-order valence-electron chi connectivity index (χ0n) is 13.4. The smallest absolute Gasteiger partial charge is 0.317 e. The molecule has 0 atom stereocenters. The molecule has 3 aromatic carbocycles. The van der Waals surface area contributed by atoms with Gasteiger partial charge in [-0.05, 0) is 40.6 Å². The maximum atomic E-state index is 10.6. The number of oxazole rings is 1. The number of rotatable bonds is 5. The van der Waals surface area contributed by atoms with Crippen LogP contribution in [0.15, 0.2) is 65.1 Å². The third-order valence-corrected chi connectivity index (χ3v) is 4.05. The highest BCUT2D eigenvalue weighted by Gasteiger charge is 2.09. The van der Waals surface area contributed by atoms with Crippen LogP contribution in [-0.2, 0) is 11.3 Å². The fourth-order valence-corrected chi connectivity index (χ4v) is 2.84. The van der Waals surface area contributed by atoms with Crippen LogP contribution in [0.5, 0.6) is 0 Å². The van der Waals surface area contributed by atoms with E-state index in [0.717, 1.165) is 22.0 Å². The number of carbonyl (C=O) groups is 1. The van der Waals surface area contributed by atoms with Crippen molar-refractivity contribution in [2.75, 3.05) is 6.54 Å². The van der Waals surface area contributed by atoms with Gasteiger partial charge in [0, 0.05) is 12.1 Å². The molecular weight excluding hydrogens is 316 g/mol. The summed E-state index contributed by atoms with van der Waals surface area (Å²) in [7, 11) is 0. The summed E-state index contributed by atoms with van der Waals surface area (Å²) in [6.45, 7) is 0.402. The first kappa shape index (κ1) is 15.4. The molecule has 0 saturated heterocycles. The van der Waals surface area contributed by atoms with Crippen LogP contribution in [0, 0.1) is 0 Å². The average molecular weight is 332 g/mol. The van der Waals surface area contributed by atoms with E-state index < -0.39 is 5.97 Å². The lowest BCUT2D eigenvalue weighted by atomic mass is 10.1. The Balaban J connectivity index is 1.64. The molecule has 0 saturated carbocycles. The Morgan fingerprint density at radius 1 is 1.04 bits per heavy atom. The van der Waals surface area contributed by atoms with Crippen molar-refractivity contribution in [1.29, 1.82) is 0 Å². The minimum absolute atomic E-state index is 0.0702. The molecule has 124 valence electrons. The molecule has 0 aliphatic heterocycles. The largest absolute Gasteiger partial charge is 0.480 e. The van der Waals surface area contributed by atoms with Gasteiger partial charge in [-0.15, -0.1) is 0 Å². The number of nitrogens with zero attached hydrogens (tertiary/aromatic N) is 1. The van der Waals surface area contributed by atoms with E-state index in [9.17, 15) is 4.79 Å². The van der Waals surface area contributed by atoms with Gasteiger partial charge in [0.2, 0.25) is 5.89 Å². The lowest BCUT2D eigenvalue weighted by Crippen LogP contribution is -2.21. The van der Waals surface area contributed by atoms with Crippen LogP contribution < -0.4 is 5.32 Å². The molecule has 0 aliphatic rings. The molecule has 0 bridgehead atoms. The molecule has 5 heteroatoms. The zero-order chi connectivity index (χ0) is 17.2. The van der Waals surface area contributed by atoms with Crippen molar-refractivity contribution in [2.45, 2.75) is 6.54 Å². The number of aromatic nitrogens is 1. The lowest BCUT2D eigenvalue weighted by molar-refractivity contribution is -0.135. The Morgan fingerprint density at radius 3 is 2.72 bits per heavy atom. The van der Waals surface area contributed by atoms with Crippen LogP contribution >= 0.6 is 0 Å². The summed E-state index contributed by atoms with van der Waals surface area (Å²) in [6, 6.07) is 20.0. The first-order chi connectivity index (χ1) is 12.2. The third-order valence-electron chi connectivity index (χ3n) is 4.05. The molecule has 5 nitrogen and oxygen atoms in total. The van der Waals surface area contributed by atoms with Gasteiger partial charge in [-0.2, -0.15) is 0 Å². The number of aliphatic carboxylic acids is 1. The summed E-state index contributed by atoms with van der Waals surface area (Å²) in [4.78, 5) is 15.1. The highest BCUT2D eigenvalue weighted by molar-refractivity contribution is 5.87. The number of hydrogen-bond donors (Lipinski definition) is 2. The second-order valence-corrected chi connectivity index (χ2v) is 5.88. The van der Waals surface area contributed by atoms with E-state index in [1.807, 2.05) is 36.4 Å². The SMILES string of the molecule is O=C(O)CNCc1ccc2oc(-c3ccc4ccccc4c3)nc2c1. The quantitative estimate of drug-likeness (QED) is 0.581. The highest BCUT2D eigenvalue weighted by atomic mass is 16.4. The Morgan fingerprint density at radius 2 is 1.88 bits per heavy atom. The van der Waals surface area contributed by atoms with Crippen molar-refractivity contribution >= 4 is 27.8 Å². The number of carboxylic acid groups (broad SMARTS) is 1. The molecule has 0 fully saturated rings. The van der Waals surface area contributed by atoms with Gasteiger partial charge >= 0.3 is 5.97 Å². The van der Waals surface area contributed by atoms with Gasteiger partial charge < -0.3 is 14.8 Å². The predicted molar refractivity (Wildman–Crippen MR) is 96.3 cm³/mol. The normalized spacial score (nSPS) is 11.2. The number of benzene rings is 3. The lowest BCUT2D eigenvalue weighted by Gasteiger charge is -2.01. The summed E-state index contributed by atoms with van der Waals surface area (Å²) in [5.74, 6) is -0.294. The van der Waals surface area contributed by atoms with Crippen LogP contribution in [0.3, 0.4) is 0 Å². The topological polar surface area (TPSA) is 75.4 Å². The van der Waals surface area contributed by atoms with Crippen LogP contribution in [0.2, 0.25) is 0 Å². The van der Waals surface area contributed by atoms with Crippen LogP contribution in [0.1, 0.15) is 5.56 Å².